The Balaban J connectivity index is 1.75. The molecule has 3 N–H and O–H groups in total. The Hall–Kier alpha value is -4.02. The van der Waals surface area contributed by atoms with Gasteiger partial charge in [-0.3, -0.25) is 14.9 Å². The highest BCUT2D eigenvalue weighted by Gasteiger charge is 2.37. The summed E-state index contributed by atoms with van der Waals surface area (Å²) in [5.41, 5.74) is 4.75. The number of hydrogen-bond donors (Lipinski definition) is 2. The maximum atomic E-state index is 13.3. The molecule has 0 bridgehead atoms. The average molecular weight is 493 g/mol. The summed E-state index contributed by atoms with van der Waals surface area (Å²) in [6, 6.07) is 12.4. The van der Waals surface area contributed by atoms with Crippen LogP contribution < -0.4 is 15.4 Å². The summed E-state index contributed by atoms with van der Waals surface area (Å²) in [7, 11) is -3.82. The van der Waals surface area contributed by atoms with E-state index in [4.69, 9.17) is 5.14 Å². The number of primary sulfonamides is 1. The Morgan fingerprint density at radius 2 is 1.46 bits per heavy atom. The molecule has 1 aliphatic rings. The number of imide groups is 2. The number of nitrogens with one attached hydrogen (secondary N) is 1. The number of aromatic nitrogens is 1. The predicted molar refractivity (Wildman–Crippen MR) is 132 cm³/mol. The Bertz CT molecular complexity index is 1510. The smallest absolute Gasteiger partial charge is 0.318 e. The predicted octanol–water partition coefficient (Wildman–Crippen LogP) is 3.02. The quantitative estimate of drug-likeness (QED) is 0.427. The van der Waals surface area contributed by atoms with Gasteiger partial charge in [0.25, 0.3) is 11.8 Å². The van der Waals surface area contributed by atoms with Gasteiger partial charge in [0, 0.05) is 17.1 Å². The number of hydrogen-bond acceptors (Lipinski definition) is 5. The molecule has 10 heteroatoms. The first kappa shape index (κ1) is 24.1. The molecule has 3 aromatic rings. The zero-order chi connectivity index (χ0) is 25.7. The first-order valence-corrected chi connectivity index (χ1v) is 12.2. The largest absolute Gasteiger partial charge is 0.335 e. The van der Waals surface area contributed by atoms with Crippen molar-refractivity contribution in [2.75, 3.05) is 4.90 Å². The number of urea groups is 1. The van der Waals surface area contributed by atoms with Gasteiger partial charge in [-0.1, -0.05) is 6.07 Å². The van der Waals surface area contributed by atoms with E-state index in [0.29, 0.717) is 22.6 Å². The molecule has 2 aromatic carbocycles. The van der Waals surface area contributed by atoms with Crippen molar-refractivity contribution in [3.8, 4) is 5.69 Å². The Morgan fingerprint density at radius 3 is 2.03 bits per heavy atom. The van der Waals surface area contributed by atoms with Gasteiger partial charge in [-0.2, -0.15) is 0 Å². The van der Waals surface area contributed by atoms with Crippen molar-refractivity contribution in [1.29, 1.82) is 0 Å². The summed E-state index contributed by atoms with van der Waals surface area (Å²) in [5.74, 6) is -1.49. The van der Waals surface area contributed by atoms with Gasteiger partial charge in [0.15, 0.2) is 0 Å². The molecule has 4 rings (SSSR count). The van der Waals surface area contributed by atoms with Crippen LogP contribution in [-0.4, -0.2) is 30.8 Å². The van der Waals surface area contributed by atoms with E-state index < -0.39 is 27.9 Å². The van der Waals surface area contributed by atoms with E-state index in [-0.39, 0.29) is 10.5 Å². The third-order valence-corrected chi connectivity index (χ3v) is 6.69. The second-order valence-electron chi connectivity index (χ2n) is 8.50. The van der Waals surface area contributed by atoms with Crippen LogP contribution in [-0.2, 0) is 19.6 Å². The lowest BCUT2D eigenvalue weighted by atomic mass is 10.1. The fraction of sp³-hybridized carbons (Fsp3) is 0.160. The third kappa shape index (κ3) is 4.53. The van der Waals surface area contributed by atoms with Crippen LogP contribution in [0.3, 0.4) is 0 Å². The first-order chi connectivity index (χ1) is 16.4. The number of carbonyl (C=O) groups is 3. The number of amides is 4. The van der Waals surface area contributed by atoms with E-state index in [9.17, 15) is 22.8 Å². The van der Waals surface area contributed by atoms with Gasteiger partial charge in [-0.05, 0) is 92.9 Å². The molecular formula is C25H24N4O5S. The molecule has 1 aromatic heterocycles. The summed E-state index contributed by atoms with van der Waals surface area (Å²) in [5, 5.41) is 7.42. The number of carbonyl (C=O) groups excluding carboxylic acids is 3. The third-order valence-electron chi connectivity index (χ3n) is 5.76. The van der Waals surface area contributed by atoms with E-state index in [1.165, 1.54) is 18.2 Å². The maximum absolute atomic E-state index is 13.3. The van der Waals surface area contributed by atoms with E-state index >= 15 is 0 Å². The topological polar surface area (TPSA) is 132 Å². The summed E-state index contributed by atoms with van der Waals surface area (Å²) in [6.07, 6.45) is 1.46. The molecule has 35 heavy (non-hydrogen) atoms. The molecule has 0 saturated carbocycles. The highest BCUT2D eigenvalue weighted by molar-refractivity contribution is 7.89. The van der Waals surface area contributed by atoms with Crippen LogP contribution >= 0.6 is 0 Å². The van der Waals surface area contributed by atoms with Crippen molar-refractivity contribution in [1.82, 2.24) is 9.88 Å². The monoisotopic (exact) mass is 492 g/mol. The lowest BCUT2D eigenvalue weighted by Gasteiger charge is -2.27. The van der Waals surface area contributed by atoms with Crippen LogP contribution in [0.5, 0.6) is 0 Å². The second kappa shape index (κ2) is 8.64. The number of nitrogens with two attached hydrogens (primary N) is 1. The normalized spacial score (nSPS) is 15.6. The second-order valence-corrected chi connectivity index (χ2v) is 10.1. The summed E-state index contributed by atoms with van der Waals surface area (Å²) < 4.78 is 25.0. The molecule has 0 aliphatic carbocycles. The Kier molecular flexibility index (Phi) is 5.95. The van der Waals surface area contributed by atoms with Gasteiger partial charge < -0.3 is 4.57 Å². The Morgan fingerprint density at radius 1 is 0.857 bits per heavy atom. The number of anilines is 1. The van der Waals surface area contributed by atoms with E-state index in [2.05, 4.69) is 5.32 Å². The molecule has 0 spiro atoms. The van der Waals surface area contributed by atoms with Crippen LogP contribution in [0.25, 0.3) is 11.8 Å². The van der Waals surface area contributed by atoms with Gasteiger partial charge in [-0.15, -0.1) is 0 Å². The van der Waals surface area contributed by atoms with Crippen LogP contribution in [0.2, 0.25) is 0 Å². The standard InChI is InChI=1S/C25H24N4O5S/c1-14-9-15(2)11-20(10-14)29-24(31)22(23(30)27-25(29)32)13-18-12-16(3)28(17(18)4)19-5-7-21(8-6-19)35(26,33)34/h5-13H,1-4H3,(H2,26,33,34)(H,27,30,32)/b22-13+. The number of nitrogens with zero attached hydrogens (tertiary/aromatic N) is 2. The highest BCUT2D eigenvalue weighted by Crippen LogP contribution is 2.27. The van der Waals surface area contributed by atoms with Crippen LogP contribution in [0.4, 0.5) is 10.5 Å². The molecule has 180 valence electrons. The Labute approximate surface area is 202 Å². The highest BCUT2D eigenvalue weighted by atomic mass is 32.2. The number of benzene rings is 2. The molecule has 1 fully saturated rings. The van der Waals surface area contributed by atoms with E-state index in [1.54, 1.807) is 30.3 Å². The van der Waals surface area contributed by atoms with E-state index in [0.717, 1.165) is 21.7 Å². The van der Waals surface area contributed by atoms with Crippen LogP contribution in [0, 0.1) is 27.7 Å². The van der Waals surface area contributed by atoms with Gasteiger partial charge in [0.05, 0.1) is 10.6 Å². The lowest BCUT2D eigenvalue weighted by molar-refractivity contribution is -0.122. The first-order valence-electron chi connectivity index (χ1n) is 10.7. The average Bonchev–Trinajstić information content (AvgIpc) is 3.02. The maximum Gasteiger partial charge on any atom is 0.335 e. The number of rotatable bonds is 4. The number of aryl methyl sites for hydroxylation is 3. The van der Waals surface area contributed by atoms with Crippen molar-refractivity contribution in [3.05, 3.63) is 82.2 Å². The summed E-state index contributed by atoms with van der Waals surface area (Å²) in [4.78, 5) is 39.4. The van der Waals surface area contributed by atoms with Crippen molar-refractivity contribution < 1.29 is 22.8 Å². The molecule has 0 atom stereocenters. The zero-order valence-electron chi connectivity index (χ0n) is 19.6. The molecule has 1 saturated heterocycles. The van der Waals surface area contributed by atoms with Crippen molar-refractivity contribution in [2.24, 2.45) is 5.14 Å². The van der Waals surface area contributed by atoms with Crippen molar-refractivity contribution in [2.45, 2.75) is 32.6 Å². The van der Waals surface area contributed by atoms with Crippen molar-refractivity contribution >= 4 is 39.6 Å². The molecule has 1 aliphatic heterocycles. The summed E-state index contributed by atoms with van der Waals surface area (Å²) >= 11 is 0. The fourth-order valence-electron chi connectivity index (χ4n) is 4.24. The minimum absolute atomic E-state index is 0.00771. The lowest BCUT2D eigenvalue weighted by Crippen LogP contribution is -2.54. The van der Waals surface area contributed by atoms with Crippen molar-refractivity contribution in [3.63, 3.8) is 0 Å². The van der Waals surface area contributed by atoms with E-state index in [1.807, 2.05) is 38.3 Å². The van der Waals surface area contributed by atoms with Crippen LogP contribution in [0.1, 0.15) is 28.1 Å². The molecule has 2 heterocycles. The minimum Gasteiger partial charge on any atom is -0.318 e. The molecule has 0 radical (unpaired) electrons. The molecule has 0 unspecified atom stereocenters. The minimum atomic E-state index is -3.82. The molecular weight excluding hydrogens is 468 g/mol. The van der Waals surface area contributed by atoms with Gasteiger partial charge in [0.1, 0.15) is 5.57 Å². The zero-order valence-corrected chi connectivity index (χ0v) is 20.4. The van der Waals surface area contributed by atoms with Gasteiger partial charge >= 0.3 is 6.03 Å². The molecule has 9 nitrogen and oxygen atoms in total. The van der Waals surface area contributed by atoms with Gasteiger partial charge in [0.2, 0.25) is 10.0 Å². The number of sulfonamides is 1. The van der Waals surface area contributed by atoms with Gasteiger partial charge in [-0.25, -0.2) is 23.3 Å². The van der Waals surface area contributed by atoms with Crippen LogP contribution in [0.15, 0.2) is 59.0 Å². The molecule has 4 amide bonds. The number of barbiturate groups is 1. The fourth-order valence-corrected chi connectivity index (χ4v) is 4.76. The summed E-state index contributed by atoms with van der Waals surface area (Å²) in [6.45, 7) is 7.37. The SMILES string of the molecule is Cc1cc(C)cc(N2C(=O)NC(=O)/C(=C\c3cc(C)n(-c4ccc(S(N)(=O)=O)cc4)c3C)C2=O)c1.